The predicted octanol–water partition coefficient (Wildman–Crippen LogP) is -0.742. The molecule has 3 fully saturated rings. The van der Waals surface area contributed by atoms with Crippen molar-refractivity contribution in [1.29, 1.82) is 0 Å². The monoisotopic (exact) mass is 264 g/mol. The maximum Gasteiger partial charge on any atom is 0.320 e. The number of amides is 2. The Kier molecular flexibility index (Phi) is 2.36. The van der Waals surface area contributed by atoms with Gasteiger partial charge >= 0.3 is 12.0 Å². The molecule has 4 atom stereocenters. The summed E-state index contributed by atoms with van der Waals surface area (Å²) in [6.07, 6.45) is -4.50. The van der Waals surface area contributed by atoms with E-state index in [1.165, 1.54) is 0 Å². The van der Waals surface area contributed by atoms with Gasteiger partial charge in [0.25, 0.3) is 0 Å². The summed E-state index contributed by atoms with van der Waals surface area (Å²) in [7, 11) is 0. The van der Waals surface area contributed by atoms with Crippen molar-refractivity contribution < 1.29 is 28.5 Å². The molecule has 3 rings (SSSR count). The minimum absolute atomic E-state index is 0.0320. The first-order chi connectivity index (χ1) is 8.39. The minimum atomic E-state index is -3.58. The van der Waals surface area contributed by atoms with E-state index in [0.29, 0.717) is 13.0 Å². The van der Waals surface area contributed by atoms with Crippen molar-refractivity contribution >= 4 is 6.03 Å². The van der Waals surface area contributed by atoms with Crippen LogP contribution in [-0.4, -0.2) is 64.2 Å². The largest absolute Gasteiger partial charge is 0.390 e. The Morgan fingerprint density at radius 2 is 2.11 bits per heavy atom. The van der Waals surface area contributed by atoms with Crippen molar-refractivity contribution in [3.05, 3.63) is 0 Å². The fourth-order valence-corrected chi connectivity index (χ4v) is 2.62. The molecule has 1 aliphatic carbocycles. The summed E-state index contributed by atoms with van der Waals surface area (Å²) in [5.41, 5.74) is -1.61. The van der Waals surface area contributed by atoms with Gasteiger partial charge < -0.3 is 20.3 Å². The lowest BCUT2D eigenvalue weighted by Gasteiger charge is -2.34. The average molecular weight is 264 g/mol. The van der Waals surface area contributed by atoms with E-state index in [1.807, 2.05) is 0 Å². The molecule has 102 valence electrons. The van der Waals surface area contributed by atoms with Crippen LogP contribution in [0.15, 0.2) is 0 Å². The third-order valence-electron chi connectivity index (χ3n) is 3.80. The quantitative estimate of drug-likeness (QED) is 0.582. The second-order valence-electron chi connectivity index (χ2n) is 5.00. The molecule has 0 aromatic rings. The van der Waals surface area contributed by atoms with Crippen LogP contribution < -0.4 is 5.32 Å². The van der Waals surface area contributed by atoms with Crippen molar-refractivity contribution in [2.45, 2.75) is 42.8 Å². The van der Waals surface area contributed by atoms with Gasteiger partial charge in [-0.3, -0.25) is 4.90 Å². The van der Waals surface area contributed by atoms with Crippen LogP contribution >= 0.6 is 0 Å². The maximum absolute atomic E-state index is 14.0. The first kappa shape index (κ1) is 12.1. The summed E-state index contributed by atoms with van der Waals surface area (Å²) >= 11 is 0. The molecule has 1 saturated carbocycles. The molecule has 0 radical (unpaired) electrons. The van der Waals surface area contributed by atoms with E-state index in [4.69, 9.17) is 4.74 Å². The highest BCUT2D eigenvalue weighted by molar-refractivity contribution is 5.75. The molecule has 8 heteroatoms. The molecule has 1 spiro atoms. The Morgan fingerprint density at radius 3 is 2.61 bits per heavy atom. The standard InChI is InChI=1S/C10H14F2N2O4/c11-10(12)6(16)9(4-5(9)15)18-7(10)14-3-1-2-13-8(14)17/h5-7,15-16H,1-4H2,(H,13,17)/t5-,6-,7-,9?/m1/s1. The first-order valence-electron chi connectivity index (χ1n) is 5.86. The third-order valence-corrected chi connectivity index (χ3v) is 3.80. The van der Waals surface area contributed by atoms with E-state index in [1.54, 1.807) is 0 Å². The molecule has 1 unspecified atom stereocenters. The van der Waals surface area contributed by atoms with Crippen LogP contribution in [0.25, 0.3) is 0 Å². The highest BCUT2D eigenvalue weighted by Gasteiger charge is 2.77. The number of nitrogens with zero attached hydrogens (tertiary/aromatic N) is 1. The minimum Gasteiger partial charge on any atom is -0.390 e. The predicted molar refractivity (Wildman–Crippen MR) is 53.9 cm³/mol. The van der Waals surface area contributed by atoms with Crippen molar-refractivity contribution in [1.82, 2.24) is 10.2 Å². The second-order valence-corrected chi connectivity index (χ2v) is 5.00. The molecule has 0 bridgehead atoms. The van der Waals surface area contributed by atoms with E-state index in [2.05, 4.69) is 5.32 Å². The number of aliphatic hydroxyl groups is 2. The number of nitrogens with one attached hydrogen (secondary N) is 1. The number of aliphatic hydroxyl groups excluding tert-OH is 2. The molecule has 2 saturated heterocycles. The molecule has 3 aliphatic rings. The van der Waals surface area contributed by atoms with Gasteiger partial charge in [0.1, 0.15) is 5.60 Å². The number of carbonyl (C=O) groups is 1. The Morgan fingerprint density at radius 1 is 1.44 bits per heavy atom. The number of rotatable bonds is 1. The van der Waals surface area contributed by atoms with Crippen LogP contribution in [0.5, 0.6) is 0 Å². The summed E-state index contributed by atoms with van der Waals surface area (Å²) in [4.78, 5) is 12.4. The van der Waals surface area contributed by atoms with Crippen LogP contribution in [0.3, 0.4) is 0 Å². The fourth-order valence-electron chi connectivity index (χ4n) is 2.62. The highest BCUT2D eigenvalue weighted by atomic mass is 19.3. The smallest absolute Gasteiger partial charge is 0.320 e. The molecule has 2 aliphatic heterocycles. The molecule has 6 nitrogen and oxygen atoms in total. The average Bonchev–Trinajstić information content (AvgIpc) is 2.92. The topological polar surface area (TPSA) is 82.0 Å². The number of halogens is 2. The van der Waals surface area contributed by atoms with Crippen LogP contribution in [0, 0.1) is 0 Å². The number of ether oxygens (including phenoxy) is 1. The number of carbonyl (C=O) groups excluding carboxylic acids is 1. The molecule has 0 aromatic heterocycles. The van der Waals surface area contributed by atoms with Gasteiger partial charge in [-0.2, -0.15) is 8.78 Å². The maximum atomic E-state index is 14.0. The lowest BCUT2D eigenvalue weighted by Crippen LogP contribution is -2.57. The summed E-state index contributed by atoms with van der Waals surface area (Å²) in [5, 5.41) is 21.4. The van der Waals surface area contributed by atoms with Gasteiger partial charge in [-0.1, -0.05) is 0 Å². The fraction of sp³-hybridized carbons (Fsp3) is 0.900. The van der Waals surface area contributed by atoms with E-state index in [0.717, 1.165) is 4.90 Å². The lowest BCUT2D eigenvalue weighted by molar-refractivity contribution is -0.156. The van der Waals surface area contributed by atoms with Crippen LogP contribution in [0.1, 0.15) is 12.8 Å². The second kappa shape index (κ2) is 3.52. The molecule has 0 aromatic carbocycles. The Hall–Kier alpha value is -0.990. The van der Waals surface area contributed by atoms with Crippen LogP contribution in [0.4, 0.5) is 13.6 Å². The summed E-state index contributed by atoms with van der Waals surface area (Å²) in [6, 6.07) is -0.634. The van der Waals surface area contributed by atoms with Gasteiger partial charge in [-0.25, -0.2) is 4.79 Å². The third kappa shape index (κ3) is 1.39. The summed E-state index contributed by atoms with van der Waals surface area (Å²) in [6.45, 7) is 0.578. The van der Waals surface area contributed by atoms with Gasteiger partial charge in [0.15, 0.2) is 6.10 Å². The van der Waals surface area contributed by atoms with E-state index in [-0.39, 0.29) is 13.0 Å². The number of hydrogen-bond donors (Lipinski definition) is 3. The first-order valence-corrected chi connectivity index (χ1v) is 5.86. The normalized spacial score (nSPS) is 46.3. The Balaban J connectivity index is 1.86. The van der Waals surface area contributed by atoms with Crippen molar-refractivity contribution in [3.63, 3.8) is 0 Å². The summed E-state index contributed by atoms with van der Waals surface area (Å²) in [5.74, 6) is -3.58. The Labute approximate surface area is 102 Å². The lowest BCUT2D eigenvalue weighted by atomic mass is 10.1. The molecule has 3 N–H and O–H groups in total. The van der Waals surface area contributed by atoms with Gasteiger partial charge in [-0.15, -0.1) is 0 Å². The zero-order chi connectivity index (χ0) is 13.1. The van der Waals surface area contributed by atoms with E-state index in [9.17, 15) is 23.8 Å². The Bertz CT molecular complexity index is 394. The number of urea groups is 1. The van der Waals surface area contributed by atoms with E-state index >= 15 is 0 Å². The summed E-state index contributed by atoms with van der Waals surface area (Å²) < 4.78 is 33.0. The van der Waals surface area contributed by atoms with Crippen molar-refractivity contribution in [2.24, 2.45) is 0 Å². The van der Waals surface area contributed by atoms with Gasteiger partial charge in [0, 0.05) is 19.5 Å². The molecule has 2 heterocycles. The SMILES string of the molecule is O=C1NCCCN1[C@@H]1OC2(C[C@H]2O)[C@@H](O)C1(F)F. The zero-order valence-electron chi connectivity index (χ0n) is 9.47. The van der Waals surface area contributed by atoms with E-state index < -0.39 is 36.0 Å². The van der Waals surface area contributed by atoms with Crippen molar-refractivity contribution in [3.8, 4) is 0 Å². The van der Waals surface area contributed by atoms with Gasteiger partial charge in [-0.05, 0) is 6.42 Å². The molecular formula is C10H14F2N2O4. The van der Waals surface area contributed by atoms with Crippen LogP contribution in [0.2, 0.25) is 0 Å². The van der Waals surface area contributed by atoms with Gasteiger partial charge in [0.2, 0.25) is 6.23 Å². The molecule has 2 amide bonds. The van der Waals surface area contributed by atoms with Gasteiger partial charge in [0.05, 0.1) is 6.10 Å². The number of alkyl halides is 2. The number of hydrogen-bond acceptors (Lipinski definition) is 4. The zero-order valence-corrected chi connectivity index (χ0v) is 9.47. The highest BCUT2D eigenvalue weighted by Crippen LogP contribution is 2.56. The van der Waals surface area contributed by atoms with Crippen molar-refractivity contribution in [2.75, 3.05) is 13.1 Å². The molecular weight excluding hydrogens is 250 g/mol. The van der Waals surface area contributed by atoms with Crippen LogP contribution in [-0.2, 0) is 4.74 Å². The molecule has 18 heavy (non-hydrogen) atoms.